The molecule has 24 heavy (non-hydrogen) atoms. The maximum atomic E-state index is 12.8. The van der Waals surface area contributed by atoms with Gasteiger partial charge in [0.15, 0.2) is 0 Å². The van der Waals surface area contributed by atoms with Gasteiger partial charge in [0.2, 0.25) is 0 Å². The lowest BCUT2D eigenvalue weighted by molar-refractivity contribution is 0.0309. The van der Waals surface area contributed by atoms with Crippen LogP contribution in [0, 0.1) is 0 Å². The number of hydrogen-bond donors (Lipinski definition) is 1. The molecule has 8 heteroatoms. The number of anilines is 1. The number of esters is 1. The van der Waals surface area contributed by atoms with E-state index in [1.807, 2.05) is 0 Å². The molecule has 1 aromatic heterocycles. The third-order valence-corrected chi connectivity index (χ3v) is 5.99. The average molecular weight is 369 g/mol. The number of halogens is 1. The molecule has 0 saturated heterocycles. The summed E-state index contributed by atoms with van der Waals surface area (Å²) in [5.74, 6) is -0.656. The van der Waals surface area contributed by atoms with E-state index in [2.05, 4.69) is 0 Å². The highest BCUT2D eigenvalue weighted by atomic mass is 35.5. The third-order valence-electron chi connectivity index (χ3n) is 4.01. The Morgan fingerprint density at radius 1 is 1.25 bits per heavy atom. The Balaban J connectivity index is 1.96. The number of ether oxygens (including phenoxy) is 1. The van der Waals surface area contributed by atoms with Crippen LogP contribution in [0.5, 0.6) is 0 Å². The summed E-state index contributed by atoms with van der Waals surface area (Å²) in [6, 6.07) is 7.06. The molecule has 2 aromatic rings. The Bertz CT molecular complexity index is 870. The van der Waals surface area contributed by atoms with Gasteiger partial charge in [-0.1, -0.05) is 11.6 Å². The number of nitrogens with two attached hydrogens (primary N) is 1. The Morgan fingerprint density at radius 3 is 2.67 bits per heavy atom. The number of carbonyl (C=O) groups is 1. The van der Waals surface area contributed by atoms with Crippen LogP contribution in [0.3, 0.4) is 0 Å². The van der Waals surface area contributed by atoms with E-state index < -0.39 is 16.0 Å². The van der Waals surface area contributed by atoms with Crippen LogP contribution in [0.15, 0.2) is 41.4 Å². The van der Waals surface area contributed by atoms with Crippen molar-refractivity contribution in [1.82, 2.24) is 3.97 Å². The molecule has 0 atom stereocenters. The number of nitrogens with zero attached hydrogens (tertiary/aromatic N) is 1. The van der Waals surface area contributed by atoms with Gasteiger partial charge in [-0.3, -0.25) is 0 Å². The first-order valence-corrected chi connectivity index (χ1v) is 9.40. The molecule has 2 N–H and O–H groups in total. The van der Waals surface area contributed by atoms with Gasteiger partial charge >= 0.3 is 5.97 Å². The van der Waals surface area contributed by atoms with Crippen LogP contribution in [-0.2, 0) is 14.8 Å². The third kappa shape index (κ3) is 3.14. The molecule has 0 aliphatic heterocycles. The number of nitrogen functional groups attached to an aromatic ring is 1. The highest BCUT2D eigenvalue weighted by Gasteiger charge is 2.27. The predicted molar refractivity (Wildman–Crippen MR) is 90.6 cm³/mol. The van der Waals surface area contributed by atoms with Gasteiger partial charge in [0.25, 0.3) is 10.0 Å². The summed E-state index contributed by atoms with van der Waals surface area (Å²) in [5.41, 5.74) is 5.78. The number of benzene rings is 1. The van der Waals surface area contributed by atoms with E-state index in [0.29, 0.717) is 0 Å². The quantitative estimate of drug-likeness (QED) is 0.661. The van der Waals surface area contributed by atoms with Gasteiger partial charge in [0.1, 0.15) is 16.7 Å². The Morgan fingerprint density at radius 2 is 1.96 bits per heavy atom. The maximum Gasteiger partial charge on any atom is 0.356 e. The summed E-state index contributed by atoms with van der Waals surface area (Å²) in [7, 11) is -4.05. The highest BCUT2D eigenvalue weighted by Crippen LogP contribution is 2.27. The molecule has 0 bridgehead atoms. The monoisotopic (exact) mass is 368 g/mol. The number of aromatic nitrogens is 1. The Labute approximate surface area is 145 Å². The second-order valence-corrected chi connectivity index (χ2v) is 7.91. The Kier molecular flexibility index (Phi) is 4.56. The van der Waals surface area contributed by atoms with Gasteiger partial charge in [-0.2, -0.15) is 0 Å². The van der Waals surface area contributed by atoms with E-state index in [4.69, 9.17) is 22.1 Å². The van der Waals surface area contributed by atoms with Crippen molar-refractivity contribution >= 4 is 33.3 Å². The lowest BCUT2D eigenvalue weighted by Gasteiger charge is -2.14. The molecular weight excluding hydrogens is 352 g/mol. The number of rotatable bonds is 4. The van der Waals surface area contributed by atoms with Crippen LogP contribution in [0.2, 0.25) is 5.02 Å². The van der Waals surface area contributed by atoms with Crippen LogP contribution in [0.1, 0.15) is 36.2 Å². The summed E-state index contributed by atoms with van der Waals surface area (Å²) >= 11 is 5.88. The normalized spacial score (nSPS) is 15.5. The lowest BCUT2D eigenvalue weighted by Crippen LogP contribution is -2.22. The van der Waals surface area contributed by atoms with Gasteiger partial charge in [-0.25, -0.2) is 17.2 Å². The van der Waals surface area contributed by atoms with Crippen LogP contribution >= 0.6 is 11.6 Å². The average Bonchev–Trinajstić information content (AvgIpc) is 3.20. The SMILES string of the molecule is Nc1ccc(Cl)cc1S(=O)(=O)n1cccc1C(=O)OC1CCCC1. The van der Waals surface area contributed by atoms with Crippen molar-refractivity contribution in [2.45, 2.75) is 36.7 Å². The van der Waals surface area contributed by atoms with E-state index >= 15 is 0 Å². The molecule has 1 aromatic carbocycles. The summed E-state index contributed by atoms with van der Waals surface area (Å²) < 4.78 is 32.0. The second-order valence-electron chi connectivity index (χ2n) is 5.69. The Hall–Kier alpha value is -1.99. The predicted octanol–water partition coefficient (Wildman–Crippen LogP) is 3.06. The van der Waals surface area contributed by atoms with Crippen LogP contribution in [0.25, 0.3) is 0 Å². The molecular formula is C16H17ClN2O4S. The molecule has 0 unspecified atom stereocenters. The van der Waals surface area contributed by atoms with E-state index in [1.165, 1.54) is 36.5 Å². The molecule has 128 valence electrons. The smallest absolute Gasteiger partial charge is 0.356 e. The summed E-state index contributed by atoms with van der Waals surface area (Å²) in [6.07, 6.45) is 4.77. The van der Waals surface area contributed by atoms with E-state index in [1.54, 1.807) is 0 Å². The molecule has 6 nitrogen and oxygen atoms in total. The second kappa shape index (κ2) is 6.49. The van der Waals surface area contributed by atoms with Crippen molar-refractivity contribution in [1.29, 1.82) is 0 Å². The molecule has 0 radical (unpaired) electrons. The van der Waals surface area contributed by atoms with E-state index in [0.717, 1.165) is 29.7 Å². The molecule has 1 fully saturated rings. The molecule has 0 amide bonds. The van der Waals surface area contributed by atoms with Crippen molar-refractivity contribution in [2.24, 2.45) is 0 Å². The number of hydrogen-bond acceptors (Lipinski definition) is 5. The minimum atomic E-state index is -4.05. The molecule has 1 aliphatic carbocycles. The molecule has 1 heterocycles. The van der Waals surface area contributed by atoms with Crippen LogP contribution in [0.4, 0.5) is 5.69 Å². The van der Waals surface area contributed by atoms with Crippen molar-refractivity contribution in [2.75, 3.05) is 5.73 Å². The first kappa shape index (κ1) is 16.9. The first-order valence-electron chi connectivity index (χ1n) is 7.58. The fraction of sp³-hybridized carbons (Fsp3) is 0.312. The van der Waals surface area contributed by atoms with E-state index in [9.17, 15) is 13.2 Å². The first-order chi connectivity index (χ1) is 11.4. The van der Waals surface area contributed by atoms with Crippen LogP contribution < -0.4 is 5.73 Å². The summed E-state index contributed by atoms with van der Waals surface area (Å²) in [4.78, 5) is 12.2. The van der Waals surface area contributed by atoms with Crippen molar-refractivity contribution in [3.63, 3.8) is 0 Å². The van der Waals surface area contributed by atoms with Gasteiger partial charge in [0, 0.05) is 11.2 Å². The molecule has 3 rings (SSSR count). The molecule has 1 aliphatic rings. The van der Waals surface area contributed by atoms with Crippen LogP contribution in [-0.4, -0.2) is 24.5 Å². The molecule has 1 saturated carbocycles. The lowest BCUT2D eigenvalue weighted by atomic mass is 10.3. The zero-order valence-corrected chi connectivity index (χ0v) is 14.4. The minimum absolute atomic E-state index is 0.0544. The van der Waals surface area contributed by atoms with Crippen molar-refractivity contribution in [3.8, 4) is 0 Å². The topological polar surface area (TPSA) is 91.4 Å². The van der Waals surface area contributed by atoms with Gasteiger partial charge in [-0.05, 0) is 56.0 Å². The fourth-order valence-electron chi connectivity index (χ4n) is 2.79. The van der Waals surface area contributed by atoms with Crippen molar-refractivity contribution in [3.05, 3.63) is 47.2 Å². The summed E-state index contributed by atoms with van der Waals surface area (Å²) in [6.45, 7) is 0. The van der Waals surface area contributed by atoms with Crippen molar-refractivity contribution < 1.29 is 17.9 Å². The summed E-state index contributed by atoms with van der Waals surface area (Å²) in [5, 5.41) is 0.241. The zero-order chi connectivity index (χ0) is 17.3. The largest absolute Gasteiger partial charge is 0.458 e. The van der Waals surface area contributed by atoms with Gasteiger partial charge in [0.05, 0.1) is 5.69 Å². The van der Waals surface area contributed by atoms with Gasteiger partial charge in [-0.15, -0.1) is 0 Å². The minimum Gasteiger partial charge on any atom is -0.458 e. The maximum absolute atomic E-state index is 12.8. The van der Waals surface area contributed by atoms with Gasteiger partial charge < -0.3 is 10.5 Å². The molecule has 0 spiro atoms. The van der Waals surface area contributed by atoms with E-state index in [-0.39, 0.29) is 27.4 Å². The standard InChI is InChI=1S/C16H17ClN2O4S/c17-11-7-8-13(18)15(10-11)24(21,22)19-9-3-6-14(19)16(20)23-12-4-1-2-5-12/h3,6-10,12H,1-2,4-5,18H2. The zero-order valence-electron chi connectivity index (χ0n) is 12.8. The fourth-order valence-corrected chi connectivity index (χ4v) is 4.50. The number of carbonyl (C=O) groups excluding carboxylic acids is 1. The highest BCUT2D eigenvalue weighted by molar-refractivity contribution is 7.90.